The Labute approximate surface area is 137 Å². The van der Waals surface area contributed by atoms with E-state index in [-0.39, 0.29) is 11.8 Å². The molecule has 1 amide bonds. The zero-order valence-corrected chi connectivity index (χ0v) is 13.2. The smallest absolute Gasteiger partial charge is 0.226 e. The van der Waals surface area contributed by atoms with Crippen LogP contribution in [0.3, 0.4) is 0 Å². The molecule has 116 valence electrons. The van der Waals surface area contributed by atoms with Crippen molar-refractivity contribution in [2.45, 2.75) is 12.3 Å². The SMILES string of the molecule is Cn1ncc2c1NC(=O)C[C@@H]2c1ccc(-c2ccccc2Cl)o1. The van der Waals surface area contributed by atoms with Crippen LogP contribution in [0.5, 0.6) is 0 Å². The Bertz CT molecular complexity index is 897. The first-order valence-electron chi connectivity index (χ1n) is 7.30. The summed E-state index contributed by atoms with van der Waals surface area (Å²) in [5.74, 6) is 1.98. The lowest BCUT2D eigenvalue weighted by Crippen LogP contribution is -2.24. The molecule has 2 aromatic heterocycles. The van der Waals surface area contributed by atoms with Crippen molar-refractivity contribution in [1.29, 1.82) is 0 Å². The van der Waals surface area contributed by atoms with E-state index in [1.807, 2.05) is 36.4 Å². The number of halogens is 1. The number of carbonyl (C=O) groups excluding carboxylic acids is 1. The van der Waals surface area contributed by atoms with Gasteiger partial charge in [-0.15, -0.1) is 0 Å². The topological polar surface area (TPSA) is 60.1 Å². The van der Waals surface area contributed by atoms with Crippen LogP contribution in [-0.2, 0) is 11.8 Å². The van der Waals surface area contributed by atoms with Gasteiger partial charge in [-0.1, -0.05) is 23.7 Å². The van der Waals surface area contributed by atoms with Gasteiger partial charge < -0.3 is 9.73 Å². The molecule has 0 radical (unpaired) electrons. The molecule has 0 fully saturated rings. The molecule has 3 aromatic rings. The Balaban J connectivity index is 1.75. The second kappa shape index (κ2) is 5.28. The maximum Gasteiger partial charge on any atom is 0.226 e. The van der Waals surface area contributed by atoms with Crippen molar-refractivity contribution < 1.29 is 9.21 Å². The maximum atomic E-state index is 12.0. The largest absolute Gasteiger partial charge is 0.460 e. The molecule has 0 saturated carbocycles. The third-order valence-corrected chi connectivity index (χ3v) is 4.43. The number of benzene rings is 1. The van der Waals surface area contributed by atoms with E-state index in [1.54, 1.807) is 17.9 Å². The molecule has 0 saturated heterocycles. The Morgan fingerprint density at radius 2 is 2.13 bits per heavy atom. The highest BCUT2D eigenvalue weighted by atomic mass is 35.5. The molecule has 0 bridgehead atoms. The van der Waals surface area contributed by atoms with Crippen molar-refractivity contribution in [1.82, 2.24) is 9.78 Å². The summed E-state index contributed by atoms with van der Waals surface area (Å²) < 4.78 is 7.67. The average molecular weight is 328 g/mol. The van der Waals surface area contributed by atoms with Crippen LogP contribution >= 0.6 is 11.6 Å². The fraction of sp³-hybridized carbons (Fsp3) is 0.176. The Hall–Kier alpha value is -2.53. The van der Waals surface area contributed by atoms with E-state index in [1.165, 1.54) is 0 Å². The maximum absolute atomic E-state index is 12.0. The van der Waals surface area contributed by atoms with E-state index >= 15 is 0 Å². The van der Waals surface area contributed by atoms with Crippen LogP contribution in [-0.4, -0.2) is 15.7 Å². The van der Waals surface area contributed by atoms with Gasteiger partial charge in [-0.25, -0.2) is 0 Å². The second-order valence-corrected chi connectivity index (χ2v) is 5.97. The van der Waals surface area contributed by atoms with Gasteiger partial charge in [0.05, 0.1) is 17.1 Å². The van der Waals surface area contributed by atoms with Gasteiger partial charge in [-0.2, -0.15) is 5.10 Å². The molecule has 0 aliphatic carbocycles. The summed E-state index contributed by atoms with van der Waals surface area (Å²) >= 11 is 6.22. The number of hydrogen-bond donors (Lipinski definition) is 1. The highest BCUT2D eigenvalue weighted by Crippen LogP contribution is 2.39. The summed E-state index contributed by atoms with van der Waals surface area (Å²) in [6, 6.07) is 11.3. The fourth-order valence-corrected chi connectivity index (χ4v) is 3.17. The van der Waals surface area contributed by atoms with Crippen LogP contribution in [0.25, 0.3) is 11.3 Å². The summed E-state index contributed by atoms with van der Waals surface area (Å²) in [6.45, 7) is 0. The highest BCUT2D eigenvalue weighted by molar-refractivity contribution is 6.33. The number of anilines is 1. The van der Waals surface area contributed by atoms with Crippen molar-refractivity contribution in [3.8, 4) is 11.3 Å². The lowest BCUT2D eigenvalue weighted by atomic mass is 9.92. The average Bonchev–Trinajstić information content (AvgIpc) is 3.15. The molecular weight excluding hydrogens is 314 g/mol. The monoisotopic (exact) mass is 327 g/mol. The van der Waals surface area contributed by atoms with E-state index in [9.17, 15) is 4.79 Å². The van der Waals surface area contributed by atoms with Crippen molar-refractivity contribution in [3.05, 3.63) is 58.9 Å². The van der Waals surface area contributed by atoms with Crippen LogP contribution in [0.1, 0.15) is 23.7 Å². The van der Waals surface area contributed by atoms with Crippen molar-refractivity contribution in [3.63, 3.8) is 0 Å². The first kappa shape index (κ1) is 14.1. The van der Waals surface area contributed by atoms with Gasteiger partial charge in [0.15, 0.2) is 0 Å². The molecule has 23 heavy (non-hydrogen) atoms. The van der Waals surface area contributed by atoms with E-state index in [0.717, 1.165) is 22.7 Å². The number of carbonyl (C=O) groups is 1. The fourth-order valence-electron chi connectivity index (χ4n) is 2.94. The molecule has 6 heteroatoms. The lowest BCUT2D eigenvalue weighted by Gasteiger charge is -2.21. The molecule has 1 atom stereocenters. The summed E-state index contributed by atoms with van der Waals surface area (Å²) in [7, 11) is 1.80. The highest BCUT2D eigenvalue weighted by Gasteiger charge is 2.31. The number of furan rings is 1. The molecule has 1 N–H and O–H groups in total. The number of fused-ring (bicyclic) bond motifs is 1. The molecule has 4 rings (SSSR count). The summed E-state index contributed by atoms with van der Waals surface area (Å²) in [5.41, 5.74) is 1.80. The Kier molecular flexibility index (Phi) is 3.23. The van der Waals surface area contributed by atoms with Gasteiger partial charge in [0.2, 0.25) is 5.91 Å². The number of amides is 1. The van der Waals surface area contributed by atoms with Crippen LogP contribution < -0.4 is 5.32 Å². The van der Waals surface area contributed by atoms with Gasteiger partial charge in [-0.3, -0.25) is 9.48 Å². The minimum atomic E-state index is -0.135. The Morgan fingerprint density at radius 1 is 1.30 bits per heavy atom. The number of nitrogens with one attached hydrogen (secondary N) is 1. The number of aryl methyl sites for hydroxylation is 1. The second-order valence-electron chi connectivity index (χ2n) is 5.56. The summed E-state index contributed by atoms with van der Waals surface area (Å²) in [6.07, 6.45) is 2.12. The number of hydrogen-bond acceptors (Lipinski definition) is 3. The lowest BCUT2D eigenvalue weighted by molar-refractivity contribution is -0.116. The summed E-state index contributed by atoms with van der Waals surface area (Å²) in [5, 5.41) is 7.72. The molecule has 0 spiro atoms. The van der Waals surface area contributed by atoms with E-state index < -0.39 is 0 Å². The minimum absolute atomic E-state index is 0.0400. The molecule has 0 unspecified atom stereocenters. The van der Waals surface area contributed by atoms with E-state index in [4.69, 9.17) is 16.0 Å². The predicted octanol–water partition coefficient (Wildman–Crippen LogP) is 3.81. The van der Waals surface area contributed by atoms with Crippen LogP contribution in [0.4, 0.5) is 5.82 Å². The Morgan fingerprint density at radius 3 is 2.96 bits per heavy atom. The molecule has 3 heterocycles. The van der Waals surface area contributed by atoms with Crippen LogP contribution in [0.2, 0.25) is 5.02 Å². The molecular formula is C17H14ClN3O2. The van der Waals surface area contributed by atoms with Crippen molar-refractivity contribution in [2.75, 3.05) is 5.32 Å². The van der Waals surface area contributed by atoms with E-state index in [0.29, 0.717) is 17.2 Å². The van der Waals surface area contributed by atoms with Gasteiger partial charge in [0.25, 0.3) is 0 Å². The standard InChI is InChI=1S/C17H14ClN3O2/c1-21-17-12(9-19-21)11(8-16(22)20-17)15-7-6-14(23-15)10-4-2-3-5-13(10)18/h2-7,9,11H,8H2,1H3,(H,20,22)/t11-/m0/s1. The number of aromatic nitrogens is 2. The number of rotatable bonds is 2. The molecule has 1 aromatic carbocycles. The first-order valence-corrected chi connectivity index (χ1v) is 7.67. The van der Waals surface area contributed by atoms with Gasteiger partial charge in [-0.05, 0) is 24.3 Å². The third-order valence-electron chi connectivity index (χ3n) is 4.10. The molecule has 1 aliphatic heterocycles. The zero-order valence-electron chi connectivity index (χ0n) is 12.4. The van der Waals surface area contributed by atoms with Gasteiger partial charge >= 0.3 is 0 Å². The molecule has 5 nitrogen and oxygen atoms in total. The molecule has 1 aliphatic rings. The van der Waals surface area contributed by atoms with Crippen molar-refractivity contribution >= 4 is 23.3 Å². The van der Waals surface area contributed by atoms with Gasteiger partial charge in [0, 0.05) is 24.6 Å². The van der Waals surface area contributed by atoms with Crippen LogP contribution in [0, 0.1) is 0 Å². The van der Waals surface area contributed by atoms with Crippen LogP contribution in [0.15, 0.2) is 47.0 Å². The van der Waals surface area contributed by atoms with Gasteiger partial charge in [0.1, 0.15) is 17.3 Å². The zero-order chi connectivity index (χ0) is 16.0. The quantitative estimate of drug-likeness (QED) is 0.778. The van der Waals surface area contributed by atoms with Crippen molar-refractivity contribution in [2.24, 2.45) is 7.05 Å². The normalized spacial score (nSPS) is 17.0. The van der Waals surface area contributed by atoms with E-state index in [2.05, 4.69) is 10.4 Å². The summed E-state index contributed by atoms with van der Waals surface area (Å²) in [4.78, 5) is 12.0. The predicted molar refractivity (Wildman–Crippen MR) is 87.5 cm³/mol. The minimum Gasteiger partial charge on any atom is -0.460 e. The third kappa shape index (κ3) is 2.33. The number of nitrogens with zero attached hydrogens (tertiary/aromatic N) is 2. The first-order chi connectivity index (χ1) is 11.1.